The molecule has 0 bridgehead atoms. The molecule has 2 amide bonds. The summed E-state index contributed by atoms with van der Waals surface area (Å²) in [5.41, 5.74) is 0.293. The molecule has 7 nitrogen and oxygen atoms in total. The van der Waals surface area contributed by atoms with Crippen LogP contribution in [0.2, 0.25) is 0 Å². The van der Waals surface area contributed by atoms with Gasteiger partial charge in [-0.2, -0.15) is 5.10 Å². The average molecular weight is 340 g/mol. The number of benzene rings is 1. The van der Waals surface area contributed by atoms with Gasteiger partial charge in [0.1, 0.15) is 12.2 Å². The van der Waals surface area contributed by atoms with Gasteiger partial charge >= 0.3 is 0 Å². The maximum atomic E-state index is 12.3. The fraction of sp³-hybridized carbons (Fsp3) is 0.333. The minimum atomic E-state index is -0.434. The second kappa shape index (κ2) is 7.74. The standard InChI is InChI=1S/C18H20N4O3/c23-16(19-13-8-4-5-9-13)12-22-17(24)11-10-15(21-22)18(25)20-14-6-2-1-3-7-14/h1-3,6-7,10-11,13H,4-5,8-9,12H2,(H,19,23)(H,20,25). The lowest BCUT2D eigenvalue weighted by Gasteiger charge is -2.12. The molecule has 0 spiro atoms. The zero-order valence-corrected chi connectivity index (χ0v) is 13.8. The molecule has 1 fully saturated rings. The number of anilines is 1. The molecule has 7 heteroatoms. The third-order valence-corrected chi connectivity index (χ3v) is 4.14. The third kappa shape index (κ3) is 4.53. The van der Waals surface area contributed by atoms with Gasteiger partial charge in [-0.25, -0.2) is 4.68 Å². The Hall–Kier alpha value is -2.96. The predicted octanol–water partition coefficient (Wildman–Crippen LogP) is 1.55. The van der Waals surface area contributed by atoms with Crippen molar-refractivity contribution in [1.82, 2.24) is 15.1 Å². The van der Waals surface area contributed by atoms with E-state index in [1.54, 1.807) is 24.3 Å². The van der Waals surface area contributed by atoms with Crippen LogP contribution in [0.4, 0.5) is 5.69 Å². The number of para-hydroxylation sites is 1. The van der Waals surface area contributed by atoms with Gasteiger partial charge in [-0.1, -0.05) is 31.0 Å². The first-order chi connectivity index (χ1) is 12.1. The summed E-state index contributed by atoms with van der Waals surface area (Å²) in [6, 6.07) is 11.7. The van der Waals surface area contributed by atoms with Gasteiger partial charge in [-0.15, -0.1) is 0 Å². The summed E-state index contributed by atoms with van der Waals surface area (Å²) in [6.07, 6.45) is 4.15. The average Bonchev–Trinajstić information content (AvgIpc) is 3.10. The summed E-state index contributed by atoms with van der Waals surface area (Å²) in [6.45, 7) is -0.193. The summed E-state index contributed by atoms with van der Waals surface area (Å²) in [7, 11) is 0. The molecule has 0 atom stereocenters. The van der Waals surface area contributed by atoms with Crippen molar-refractivity contribution in [3.8, 4) is 0 Å². The molecule has 2 aromatic rings. The summed E-state index contributed by atoms with van der Waals surface area (Å²) in [5, 5.41) is 9.62. The minimum Gasteiger partial charge on any atom is -0.352 e. The van der Waals surface area contributed by atoms with Gasteiger partial charge in [0.15, 0.2) is 0 Å². The fourth-order valence-electron chi connectivity index (χ4n) is 2.88. The van der Waals surface area contributed by atoms with E-state index in [0.29, 0.717) is 5.69 Å². The Morgan fingerprint density at radius 1 is 1.08 bits per heavy atom. The van der Waals surface area contributed by atoms with Crippen LogP contribution in [-0.4, -0.2) is 27.6 Å². The fourth-order valence-corrected chi connectivity index (χ4v) is 2.88. The van der Waals surface area contributed by atoms with E-state index in [1.807, 2.05) is 6.07 Å². The van der Waals surface area contributed by atoms with Crippen LogP contribution in [0.25, 0.3) is 0 Å². The Morgan fingerprint density at radius 2 is 1.80 bits per heavy atom. The number of hydrogen-bond donors (Lipinski definition) is 2. The highest BCUT2D eigenvalue weighted by molar-refractivity contribution is 6.02. The van der Waals surface area contributed by atoms with E-state index in [4.69, 9.17) is 0 Å². The Labute approximate surface area is 145 Å². The van der Waals surface area contributed by atoms with Crippen LogP contribution in [0.15, 0.2) is 47.3 Å². The van der Waals surface area contributed by atoms with Crippen LogP contribution in [0.5, 0.6) is 0 Å². The van der Waals surface area contributed by atoms with Crippen molar-refractivity contribution in [1.29, 1.82) is 0 Å². The van der Waals surface area contributed by atoms with E-state index >= 15 is 0 Å². The molecule has 3 rings (SSSR count). The summed E-state index contributed by atoms with van der Waals surface area (Å²) >= 11 is 0. The van der Waals surface area contributed by atoms with Crippen LogP contribution in [-0.2, 0) is 11.3 Å². The number of rotatable bonds is 5. The molecule has 1 heterocycles. The van der Waals surface area contributed by atoms with Crippen LogP contribution in [0.1, 0.15) is 36.2 Å². The van der Waals surface area contributed by atoms with Crippen molar-refractivity contribution in [3.05, 3.63) is 58.5 Å². The maximum Gasteiger partial charge on any atom is 0.276 e. The second-order valence-electron chi connectivity index (χ2n) is 6.08. The highest BCUT2D eigenvalue weighted by atomic mass is 16.2. The van der Waals surface area contributed by atoms with Crippen molar-refractivity contribution in [3.63, 3.8) is 0 Å². The molecule has 25 heavy (non-hydrogen) atoms. The predicted molar refractivity (Wildman–Crippen MR) is 93.3 cm³/mol. The Bertz CT molecular complexity index is 811. The second-order valence-corrected chi connectivity index (χ2v) is 6.08. The Morgan fingerprint density at radius 3 is 2.52 bits per heavy atom. The molecule has 0 unspecified atom stereocenters. The largest absolute Gasteiger partial charge is 0.352 e. The number of nitrogens with one attached hydrogen (secondary N) is 2. The van der Waals surface area contributed by atoms with Crippen molar-refractivity contribution < 1.29 is 9.59 Å². The van der Waals surface area contributed by atoms with E-state index in [-0.39, 0.29) is 24.2 Å². The first kappa shape index (κ1) is 16.9. The van der Waals surface area contributed by atoms with Crippen LogP contribution < -0.4 is 16.2 Å². The molecular formula is C18H20N4O3. The van der Waals surface area contributed by atoms with Gasteiger partial charge in [0, 0.05) is 17.8 Å². The highest BCUT2D eigenvalue weighted by Gasteiger charge is 2.18. The lowest BCUT2D eigenvalue weighted by molar-refractivity contribution is -0.122. The van der Waals surface area contributed by atoms with Gasteiger partial charge in [-0.3, -0.25) is 14.4 Å². The van der Waals surface area contributed by atoms with Gasteiger partial charge in [0.05, 0.1) is 0 Å². The number of hydrogen-bond acceptors (Lipinski definition) is 4. The molecule has 1 saturated carbocycles. The minimum absolute atomic E-state index is 0.0807. The zero-order chi connectivity index (χ0) is 17.6. The quantitative estimate of drug-likeness (QED) is 0.864. The summed E-state index contributed by atoms with van der Waals surface area (Å²) < 4.78 is 1.02. The molecule has 0 saturated heterocycles. The number of amides is 2. The molecule has 0 radical (unpaired) electrons. The summed E-state index contributed by atoms with van der Waals surface area (Å²) in [4.78, 5) is 36.2. The number of carbonyl (C=O) groups is 2. The van der Waals surface area contributed by atoms with Crippen LogP contribution >= 0.6 is 0 Å². The molecule has 1 aliphatic rings. The van der Waals surface area contributed by atoms with E-state index in [1.165, 1.54) is 12.1 Å². The first-order valence-corrected chi connectivity index (χ1v) is 8.36. The smallest absolute Gasteiger partial charge is 0.276 e. The first-order valence-electron chi connectivity index (χ1n) is 8.36. The van der Waals surface area contributed by atoms with Crippen molar-refractivity contribution in [2.45, 2.75) is 38.3 Å². The van der Waals surface area contributed by atoms with Crippen LogP contribution in [0, 0.1) is 0 Å². The van der Waals surface area contributed by atoms with Gasteiger partial charge in [0.2, 0.25) is 5.91 Å². The maximum absolute atomic E-state index is 12.3. The topological polar surface area (TPSA) is 93.1 Å². The summed E-state index contributed by atoms with van der Waals surface area (Å²) in [5.74, 6) is -0.696. The van der Waals surface area contributed by atoms with E-state index in [0.717, 1.165) is 30.4 Å². The highest BCUT2D eigenvalue weighted by Crippen LogP contribution is 2.17. The molecule has 0 aliphatic heterocycles. The Balaban J connectivity index is 1.68. The van der Waals surface area contributed by atoms with E-state index in [2.05, 4.69) is 15.7 Å². The number of aromatic nitrogens is 2. The SMILES string of the molecule is O=C(Cn1nc(C(=O)Nc2ccccc2)ccc1=O)NC1CCCC1. The monoisotopic (exact) mass is 340 g/mol. The number of nitrogens with zero attached hydrogens (tertiary/aromatic N) is 2. The van der Waals surface area contributed by atoms with Crippen molar-refractivity contribution in [2.75, 3.05) is 5.32 Å². The molecule has 2 N–H and O–H groups in total. The molecular weight excluding hydrogens is 320 g/mol. The lowest BCUT2D eigenvalue weighted by atomic mass is 10.2. The van der Waals surface area contributed by atoms with Crippen molar-refractivity contribution in [2.24, 2.45) is 0 Å². The lowest BCUT2D eigenvalue weighted by Crippen LogP contribution is -2.38. The molecule has 1 aliphatic carbocycles. The Kier molecular flexibility index (Phi) is 5.23. The van der Waals surface area contributed by atoms with Gasteiger partial charge in [0.25, 0.3) is 11.5 Å². The van der Waals surface area contributed by atoms with E-state index < -0.39 is 11.5 Å². The molecule has 1 aromatic heterocycles. The normalized spacial score (nSPS) is 14.2. The third-order valence-electron chi connectivity index (χ3n) is 4.14. The van der Waals surface area contributed by atoms with Crippen LogP contribution in [0.3, 0.4) is 0 Å². The molecule has 130 valence electrons. The van der Waals surface area contributed by atoms with Gasteiger partial charge in [-0.05, 0) is 31.0 Å². The van der Waals surface area contributed by atoms with Crippen molar-refractivity contribution >= 4 is 17.5 Å². The zero-order valence-electron chi connectivity index (χ0n) is 13.8. The van der Waals surface area contributed by atoms with Gasteiger partial charge < -0.3 is 10.6 Å². The molecule has 1 aromatic carbocycles. The number of carbonyl (C=O) groups excluding carboxylic acids is 2. The van der Waals surface area contributed by atoms with E-state index in [9.17, 15) is 14.4 Å².